The molecule has 0 fully saturated rings. The van der Waals surface area contributed by atoms with Crippen LogP contribution in [-0.4, -0.2) is 18.0 Å². The van der Waals surface area contributed by atoms with Gasteiger partial charge in [-0.2, -0.15) is 0 Å². The van der Waals surface area contributed by atoms with Crippen molar-refractivity contribution in [1.29, 1.82) is 0 Å². The molecule has 1 atom stereocenters. The average Bonchev–Trinajstić information content (AvgIpc) is 2.32. The molecule has 0 bridgehead atoms. The summed E-state index contributed by atoms with van der Waals surface area (Å²) in [6.07, 6.45) is 2.20. The fraction of sp³-hybridized carbons (Fsp3) is 0.625. The Morgan fingerprint density at radius 3 is 2.26 bits per heavy atom. The monoisotopic (exact) mass is 328 g/mol. The first-order chi connectivity index (χ1) is 9.06. The molecule has 0 spiro atoms. The molecule has 19 heavy (non-hydrogen) atoms. The van der Waals surface area contributed by atoms with Gasteiger partial charge >= 0.3 is 0 Å². The molecular weight excluding hydrogens is 304 g/mol. The molecule has 0 aromatic heterocycles. The molecule has 3 heteroatoms. The maximum absolute atomic E-state index is 5.65. The van der Waals surface area contributed by atoms with Crippen molar-refractivity contribution in [3.63, 3.8) is 0 Å². The van der Waals surface area contributed by atoms with Gasteiger partial charge in [-0.1, -0.05) is 35.8 Å². The quantitative estimate of drug-likeness (QED) is 0.636. The zero-order valence-corrected chi connectivity index (χ0v) is 14.0. The third-order valence-corrected chi connectivity index (χ3v) is 3.49. The molecule has 108 valence electrons. The molecule has 0 N–H and O–H groups in total. The predicted octanol–water partition coefficient (Wildman–Crippen LogP) is 4.84. The molecule has 0 aliphatic carbocycles. The molecule has 2 nitrogen and oxygen atoms in total. The number of benzene rings is 1. The minimum absolute atomic E-state index is 0.514. The van der Waals surface area contributed by atoms with Crippen LogP contribution in [0.1, 0.15) is 39.7 Å². The smallest absolute Gasteiger partial charge is 0.161 e. The van der Waals surface area contributed by atoms with E-state index in [1.165, 1.54) is 12.0 Å². The maximum Gasteiger partial charge on any atom is 0.161 e. The first-order valence-corrected chi connectivity index (χ1v) is 8.00. The van der Waals surface area contributed by atoms with E-state index < -0.39 is 0 Å². The van der Waals surface area contributed by atoms with Crippen LogP contribution < -0.4 is 9.47 Å². The molecule has 1 aromatic carbocycles. The highest BCUT2D eigenvalue weighted by molar-refractivity contribution is 9.09. The van der Waals surface area contributed by atoms with Crippen LogP contribution in [0.25, 0.3) is 0 Å². The van der Waals surface area contributed by atoms with Crippen LogP contribution in [0.5, 0.6) is 11.5 Å². The van der Waals surface area contributed by atoms with E-state index in [1.807, 2.05) is 19.9 Å². The zero-order valence-electron chi connectivity index (χ0n) is 12.4. The summed E-state index contributed by atoms with van der Waals surface area (Å²) in [6, 6.07) is 6.24. The van der Waals surface area contributed by atoms with Crippen LogP contribution in [0.3, 0.4) is 0 Å². The summed E-state index contributed by atoms with van der Waals surface area (Å²) in [5, 5.41) is 0. The molecular formula is C16H25BrO2. The molecule has 1 aromatic rings. The standard InChI is InChI=1S/C16H25BrO2/c1-5-18-15-8-7-13(11-16(15)19-6-2)10-14(17)9-12(3)4/h7-8,11-12,14H,5-6,9-10H2,1-4H3. The molecule has 0 amide bonds. The summed E-state index contributed by atoms with van der Waals surface area (Å²) in [7, 11) is 0. The minimum Gasteiger partial charge on any atom is -0.490 e. The fourth-order valence-corrected chi connectivity index (χ4v) is 3.19. The van der Waals surface area contributed by atoms with Gasteiger partial charge in [0.15, 0.2) is 11.5 Å². The van der Waals surface area contributed by atoms with Gasteiger partial charge in [0.05, 0.1) is 13.2 Å². The van der Waals surface area contributed by atoms with Crippen molar-refractivity contribution in [2.45, 2.75) is 45.4 Å². The Bertz CT molecular complexity index is 377. The first-order valence-electron chi connectivity index (χ1n) is 7.09. The van der Waals surface area contributed by atoms with Gasteiger partial charge in [0.2, 0.25) is 0 Å². The van der Waals surface area contributed by atoms with Crippen LogP contribution in [-0.2, 0) is 6.42 Å². The Kier molecular flexibility index (Phi) is 7.29. The predicted molar refractivity (Wildman–Crippen MR) is 84.7 cm³/mol. The second-order valence-corrected chi connectivity index (χ2v) is 6.37. The lowest BCUT2D eigenvalue weighted by atomic mass is 10.0. The van der Waals surface area contributed by atoms with Crippen LogP contribution in [0.15, 0.2) is 18.2 Å². The van der Waals surface area contributed by atoms with Crippen molar-refractivity contribution in [2.75, 3.05) is 13.2 Å². The van der Waals surface area contributed by atoms with Gasteiger partial charge in [0.25, 0.3) is 0 Å². The van der Waals surface area contributed by atoms with Crippen LogP contribution in [0, 0.1) is 5.92 Å². The lowest BCUT2D eigenvalue weighted by Crippen LogP contribution is -2.07. The molecule has 1 rings (SSSR count). The number of hydrogen-bond acceptors (Lipinski definition) is 2. The number of rotatable bonds is 8. The lowest BCUT2D eigenvalue weighted by Gasteiger charge is -2.15. The minimum atomic E-state index is 0.514. The maximum atomic E-state index is 5.65. The largest absolute Gasteiger partial charge is 0.490 e. The number of ether oxygens (including phenoxy) is 2. The van der Waals surface area contributed by atoms with E-state index in [1.54, 1.807) is 0 Å². The van der Waals surface area contributed by atoms with E-state index in [2.05, 4.69) is 41.9 Å². The van der Waals surface area contributed by atoms with Crippen LogP contribution in [0.4, 0.5) is 0 Å². The van der Waals surface area contributed by atoms with E-state index >= 15 is 0 Å². The fourth-order valence-electron chi connectivity index (χ4n) is 2.07. The second kappa shape index (κ2) is 8.47. The van der Waals surface area contributed by atoms with Crippen molar-refractivity contribution < 1.29 is 9.47 Å². The molecule has 0 aliphatic rings. The molecule has 0 heterocycles. The van der Waals surface area contributed by atoms with Crippen molar-refractivity contribution >= 4 is 15.9 Å². The van der Waals surface area contributed by atoms with Crippen LogP contribution in [0.2, 0.25) is 0 Å². The third kappa shape index (κ3) is 5.85. The van der Waals surface area contributed by atoms with Crippen molar-refractivity contribution in [2.24, 2.45) is 5.92 Å². The summed E-state index contributed by atoms with van der Waals surface area (Å²) in [5.41, 5.74) is 1.29. The second-order valence-electron chi connectivity index (χ2n) is 5.08. The first kappa shape index (κ1) is 16.4. The molecule has 0 saturated heterocycles. The normalized spacial score (nSPS) is 12.5. The Balaban J connectivity index is 2.76. The van der Waals surface area contributed by atoms with Gasteiger partial charge in [-0.25, -0.2) is 0 Å². The lowest BCUT2D eigenvalue weighted by molar-refractivity contribution is 0.287. The van der Waals surface area contributed by atoms with Crippen molar-refractivity contribution in [3.05, 3.63) is 23.8 Å². The molecule has 1 unspecified atom stereocenters. The summed E-state index contributed by atoms with van der Waals surface area (Å²) < 4.78 is 11.2. The number of alkyl halides is 1. The van der Waals surface area contributed by atoms with E-state index in [4.69, 9.17) is 9.47 Å². The van der Waals surface area contributed by atoms with Gasteiger partial charge in [0.1, 0.15) is 0 Å². The third-order valence-electron chi connectivity index (χ3n) is 2.79. The van der Waals surface area contributed by atoms with Crippen molar-refractivity contribution in [1.82, 2.24) is 0 Å². The summed E-state index contributed by atoms with van der Waals surface area (Å²) >= 11 is 3.76. The Hall–Kier alpha value is -0.700. The molecule has 0 saturated carbocycles. The summed E-state index contributed by atoms with van der Waals surface area (Å²) in [6.45, 7) is 9.80. The Morgan fingerprint density at radius 1 is 1.05 bits per heavy atom. The van der Waals surface area contributed by atoms with E-state index in [0.29, 0.717) is 24.0 Å². The average molecular weight is 329 g/mol. The topological polar surface area (TPSA) is 18.5 Å². The summed E-state index contributed by atoms with van der Waals surface area (Å²) in [4.78, 5) is 0.514. The van der Waals surface area contributed by atoms with E-state index in [9.17, 15) is 0 Å². The highest BCUT2D eigenvalue weighted by atomic mass is 79.9. The van der Waals surface area contributed by atoms with Gasteiger partial charge in [-0.05, 0) is 50.3 Å². The van der Waals surface area contributed by atoms with Gasteiger partial charge in [-0.15, -0.1) is 0 Å². The zero-order chi connectivity index (χ0) is 14.3. The van der Waals surface area contributed by atoms with Gasteiger partial charge < -0.3 is 9.47 Å². The van der Waals surface area contributed by atoms with E-state index in [0.717, 1.165) is 17.9 Å². The van der Waals surface area contributed by atoms with Crippen LogP contribution >= 0.6 is 15.9 Å². The summed E-state index contributed by atoms with van der Waals surface area (Å²) in [5.74, 6) is 2.40. The molecule has 0 radical (unpaired) electrons. The number of hydrogen-bond donors (Lipinski definition) is 0. The van der Waals surface area contributed by atoms with Gasteiger partial charge in [-0.3, -0.25) is 0 Å². The number of halogens is 1. The highest BCUT2D eigenvalue weighted by Crippen LogP contribution is 2.30. The Morgan fingerprint density at radius 2 is 1.68 bits per heavy atom. The van der Waals surface area contributed by atoms with E-state index in [-0.39, 0.29) is 0 Å². The molecule has 0 aliphatic heterocycles. The Labute approximate surface area is 125 Å². The SMILES string of the molecule is CCOc1ccc(CC(Br)CC(C)C)cc1OCC. The van der Waals surface area contributed by atoms with Crippen molar-refractivity contribution in [3.8, 4) is 11.5 Å². The highest BCUT2D eigenvalue weighted by Gasteiger charge is 2.11. The van der Waals surface area contributed by atoms with Gasteiger partial charge in [0, 0.05) is 4.83 Å².